The van der Waals surface area contributed by atoms with Crippen LogP contribution < -0.4 is 15.5 Å². The van der Waals surface area contributed by atoms with E-state index in [2.05, 4.69) is 20.6 Å². The summed E-state index contributed by atoms with van der Waals surface area (Å²) in [5, 5.41) is 5.91. The Kier molecular flexibility index (Phi) is 5.77. The van der Waals surface area contributed by atoms with Crippen molar-refractivity contribution in [3.05, 3.63) is 83.0 Å². The van der Waals surface area contributed by atoms with Crippen LogP contribution in [0.5, 0.6) is 0 Å². The van der Waals surface area contributed by atoms with Crippen molar-refractivity contribution < 1.29 is 13.2 Å². The molecule has 5 nitrogen and oxygen atoms in total. The highest BCUT2D eigenvalue weighted by molar-refractivity contribution is 7.80. The number of alkyl halides is 3. The molecule has 2 heterocycles. The van der Waals surface area contributed by atoms with Gasteiger partial charge >= 0.3 is 6.18 Å². The smallest absolute Gasteiger partial charge is 0.356 e. The fourth-order valence-electron chi connectivity index (χ4n) is 3.45. The maximum absolute atomic E-state index is 13.5. The predicted molar refractivity (Wildman–Crippen MR) is 118 cm³/mol. The van der Waals surface area contributed by atoms with Gasteiger partial charge in [-0.2, -0.15) is 18.2 Å². The fraction of sp³-hybridized carbons (Fsp3) is 0.227. The van der Waals surface area contributed by atoms with E-state index in [1.165, 1.54) is 0 Å². The van der Waals surface area contributed by atoms with Crippen molar-refractivity contribution in [1.82, 2.24) is 15.3 Å². The molecule has 2 N–H and O–H groups in total. The summed E-state index contributed by atoms with van der Waals surface area (Å²) >= 11 is 5.29. The molecule has 0 radical (unpaired) electrons. The van der Waals surface area contributed by atoms with Crippen molar-refractivity contribution in [2.24, 2.45) is 0 Å². The highest BCUT2D eigenvalue weighted by atomic mass is 32.1. The number of aromatic nitrogens is 2. The van der Waals surface area contributed by atoms with E-state index in [-0.39, 0.29) is 22.9 Å². The van der Waals surface area contributed by atoms with Gasteiger partial charge in [0, 0.05) is 19.2 Å². The van der Waals surface area contributed by atoms with Crippen LogP contribution in [-0.4, -0.2) is 15.1 Å². The number of rotatable bonds is 4. The molecule has 0 fully saturated rings. The molecule has 4 rings (SSSR count). The fourth-order valence-corrected chi connectivity index (χ4v) is 3.72. The monoisotopic (exact) mass is 443 g/mol. The van der Waals surface area contributed by atoms with Crippen LogP contribution in [0.25, 0.3) is 0 Å². The molecule has 3 aromatic rings. The zero-order chi connectivity index (χ0) is 22.0. The average molecular weight is 443 g/mol. The lowest BCUT2D eigenvalue weighted by Gasteiger charge is -2.20. The largest absolute Gasteiger partial charge is 0.433 e. The first-order valence-electron chi connectivity index (χ1n) is 9.70. The second-order valence-corrected chi connectivity index (χ2v) is 7.70. The van der Waals surface area contributed by atoms with Crippen molar-refractivity contribution in [3.8, 4) is 0 Å². The minimum absolute atomic E-state index is 0.139. The number of hydrogen-bond acceptors (Lipinski definition) is 4. The van der Waals surface area contributed by atoms with Gasteiger partial charge in [-0.1, -0.05) is 54.6 Å². The molecule has 0 saturated heterocycles. The molecule has 0 bridgehead atoms. The van der Waals surface area contributed by atoms with E-state index in [4.69, 9.17) is 12.2 Å². The van der Waals surface area contributed by atoms with Crippen molar-refractivity contribution in [2.45, 2.75) is 32.2 Å². The van der Waals surface area contributed by atoms with Crippen LogP contribution in [0, 0.1) is 0 Å². The third kappa shape index (κ3) is 4.93. The Morgan fingerprint density at radius 3 is 2.23 bits per heavy atom. The summed E-state index contributed by atoms with van der Waals surface area (Å²) in [7, 11) is 0. The SMILES string of the molecule is C[C@H](NC(=S)Nc1nc(N2Cc3ccccc3C2)cc(C(F)(F)F)n1)c1ccccc1. The summed E-state index contributed by atoms with van der Waals surface area (Å²) in [6.45, 7) is 2.87. The molecule has 1 atom stereocenters. The number of anilines is 2. The normalized spacial score (nSPS) is 14.1. The lowest BCUT2D eigenvalue weighted by atomic mass is 10.1. The summed E-state index contributed by atoms with van der Waals surface area (Å²) in [6.07, 6.45) is -4.60. The Labute approximate surface area is 183 Å². The average Bonchev–Trinajstić information content (AvgIpc) is 3.18. The van der Waals surface area contributed by atoms with E-state index in [0.717, 1.165) is 22.8 Å². The van der Waals surface area contributed by atoms with Gasteiger partial charge in [-0.3, -0.25) is 0 Å². The molecule has 1 aromatic heterocycles. The summed E-state index contributed by atoms with van der Waals surface area (Å²) in [5.74, 6) is -0.00141. The highest BCUT2D eigenvalue weighted by Crippen LogP contribution is 2.33. The number of thiocarbonyl (C=S) groups is 1. The van der Waals surface area contributed by atoms with E-state index >= 15 is 0 Å². The Balaban J connectivity index is 1.55. The van der Waals surface area contributed by atoms with E-state index in [0.29, 0.717) is 13.1 Å². The molecular weight excluding hydrogens is 423 g/mol. The van der Waals surface area contributed by atoms with Crippen molar-refractivity contribution in [1.29, 1.82) is 0 Å². The van der Waals surface area contributed by atoms with E-state index in [1.54, 1.807) is 4.90 Å². The van der Waals surface area contributed by atoms with Gasteiger partial charge in [-0.15, -0.1) is 0 Å². The molecule has 31 heavy (non-hydrogen) atoms. The number of nitrogens with zero attached hydrogens (tertiary/aromatic N) is 3. The van der Waals surface area contributed by atoms with E-state index < -0.39 is 11.9 Å². The Morgan fingerprint density at radius 2 is 1.61 bits per heavy atom. The standard InChI is InChI=1S/C22H20F3N5S/c1-14(15-7-3-2-4-8-15)26-21(31)29-20-27-18(22(23,24)25)11-19(28-20)30-12-16-9-5-6-10-17(16)13-30/h2-11,14H,12-13H2,1H3,(H2,26,27,28,29,31)/t14-/m0/s1. The van der Waals surface area contributed by atoms with Crippen LogP contribution in [0.2, 0.25) is 0 Å². The molecule has 2 aromatic carbocycles. The minimum Gasteiger partial charge on any atom is -0.356 e. The maximum Gasteiger partial charge on any atom is 0.433 e. The Bertz CT molecular complexity index is 1060. The van der Waals surface area contributed by atoms with Crippen LogP contribution in [0.4, 0.5) is 24.9 Å². The number of benzene rings is 2. The maximum atomic E-state index is 13.5. The Hall–Kier alpha value is -3.20. The first-order chi connectivity index (χ1) is 14.8. The Morgan fingerprint density at radius 1 is 1.00 bits per heavy atom. The van der Waals surface area contributed by atoms with Crippen molar-refractivity contribution in [2.75, 3.05) is 10.2 Å². The molecular formula is C22H20F3N5S. The van der Waals surface area contributed by atoms with Crippen LogP contribution in [-0.2, 0) is 19.3 Å². The highest BCUT2D eigenvalue weighted by Gasteiger charge is 2.35. The van der Waals surface area contributed by atoms with Gasteiger partial charge in [0.25, 0.3) is 0 Å². The summed E-state index contributed by atoms with van der Waals surface area (Å²) in [4.78, 5) is 9.74. The molecule has 0 spiro atoms. The molecule has 0 aliphatic carbocycles. The lowest BCUT2D eigenvalue weighted by molar-refractivity contribution is -0.141. The van der Waals surface area contributed by atoms with Crippen LogP contribution in [0.15, 0.2) is 60.7 Å². The van der Waals surface area contributed by atoms with Crippen molar-refractivity contribution in [3.63, 3.8) is 0 Å². The van der Waals surface area contributed by atoms with Gasteiger partial charge in [0.1, 0.15) is 5.82 Å². The summed E-state index contributed by atoms with van der Waals surface area (Å²) < 4.78 is 40.4. The predicted octanol–water partition coefficient (Wildman–Crippen LogP) is 5.06. The van der Waals surface area contributed by atoms with Gasteiger partial charge in [-0.25, -0.2) is 4.98 Å². The van der Waals surface area contributed by atoms with Crippen LogP contribution in [0.1, 0.15) is 35.3 Å². The van der Waals surface area contributed by atoms with Gasteiger partial charge in [0.2, 0.25) is 5.95 Å². The van der Waals surface area contributed by atoms with Gasteiger partial charge in [-0.05, 0) is 35.8 Å². The molecule has 9 heteroatoms. The van der Waals surface area contributed by atoms with Crippen molar-refractivity contribution >= 4 is 29.1 Å². The quantitative estimate of drug-likeness (QED) is 0.550. The number of halogens is 3. The second-order valence-electron chi connectivity index (χ2n) is 7.29. The van der Waals surface area contributed by atoms with E-state index in [1.807, 2.05) is 61.5 Å². The number of hydrogen-bond donors (Lipinski definition) is 2. The topological polar surface area (TPSA) is 53.1 Å². The zero-order valence-electron chi connectivity index (χ0n) is 16.6. The first-order valence-corrected chi connectivity index (χ1v) is 10.1. The number of nitrogens with one attached hydrogen (secondary N) is 2. The third-order valence-electron chi connectivity index (χ3n) is 5.04. The molecule has 0 saturated carbocycles. The van der Waals surface area contributed by atoms with Gasteiger partial charge in [0.05, 0.1) is 6.04 Å². The second kappa shape index (κ2) is 8.50. The van der Waals surface area contributed by atoms with Gasteiger partial charge in [0.15, 0.2) is 10.8 Å². The molecule has 1 aliphatic heterocycles. The minimum atomic E-state index is -4.60. The van der Waals surface area contributed by atoms with Crippen LogP contribution in [0.3, 0.4) is 0 Å². The number of fused-ring (bicyclic) bond motifs is 1. The first kappa shape index (κ1) is 21.0. The zero-order valence-corrected chi connectivity index (χ0v) is 17.5. The molecule has 1 aliphatic rings. The lowest BCUT2D eigenvalue weighted by Crippen LogP contribution is -2.32. The summed E-state index contributed by atoms with van der Waals surface area (Å²) in [5.41, 5.74) is 2.11. The van der Waals surface area contributed by atoms with E-state index in [9.17, 15) is 13.2 Å². The third-order valence-corrected chi connectivity index (χ3v) is 5.26. The molecule has 160 valence electrons. The van der Waals surface area contributed by atoms with Gasteiger partial charge < -0.3 is 15.5 Å². The molecule has 0 unspecified atom stereocenters. The molecule has 0 amide bonds. The van der Waals surface area contributed by atoms with Crippen LogP contribution >= 0.6 is 12.2 Å². The summed E-state index contributed by atoms with van der Waals surface area (Å²) in [6, 6.07) is 18.2.